The first-order valence-corrected chi connectivity index (χ1v) is 9.96. The van der Waals surface area contributed by atoms with Crippen LogP contribution in [0.1, 0.15) is 30.1 Å². The number of piperidine rings is 1. The lowest BCUT2D eigenvalue weighted by Crippen LogP contribution is -2.47. The molecule has 1 amide bonds. The molecule has 1 aromatic carbocycles. The van der Waals surface area contributed by atoms with E-state index in [4.69, 9.17) is 9.47 Å². The molecular formula is C21H32N2O4. The van der Waals surface area contributed by atoms with Crippen molar-refractivity contribution in [3.8, 4) is 5.75 Å². The second-order valence-electron chi connectivity index (χ2n) is 7.72. The highest BCUT2D eigenvalue weighted by atomic mass is 16.5. The summed E-state index contributed by atoms with van der Waals surface area (Å²) in [4.78, 5) is 17.2. The minimum atomic E-state index is 0.0858. The minimum Gasteiger partial charge on any atom is -0.494 e. The Labute approximate surface area is 162 Å². The first-order chi connectivity index (χ1) is 13.1. The van der Waals surface area contributed by atoms with E-state index in [-0.39, 0.29) is 23.8 Å². The van der Waals surface area contributed by atoms with E-state index in [9.17, 15) is 9.90 Å². The number of amides is 1. The fourth-order valence-electron chi connectivity index (χ4n) is 4.55. The van der Waals surface area contributed by atoms with Gasteiger partial charge in [0.2, 0.25) is 0 Å². The van der Waals surface area contributed by atoms with Gasteiger partial charge in [0.15, 0.2) is 0 Å². The van der Waals surface area contributed by atoms with E-state index < -0.39 is 0 Å². The van der Waals surface area contributed by atoms with Crippen LogP contribution in [0.5, 0.6) is 5.75 Å². The predicted molar refractivity (Wildman–Crippen MR) is 104 cm³/mol. The molecule has 1 unspecified atom stereocenters. The van der Waals surface area contributed by atoms with Crippen LogP contribution in [-0.4, -0.2) is 80.5 Å². The van der Waals surface area contributed by atoms with Gasteiger partial charge in [0, 0.05) is 57.9 Å². The van der Waals surface area contributed by atoms with Crippen LogP contribution < -0.4 is 4.74 Å². The van der Waals surface area contributed by atoms with E-state index in [1.165, 1.54) is 0 Å². The molecule has 2 fully saturated rings. The number of hydrogen-bond acceptors (Lipinski definition) is 5. The standard InChI is InChI=1S/C21H32N2O4/c1-3-27-19-6-4-17(5-7-19)20(25)23-10-8-21(9-11-23)16-22(12-13-26-2)14-18(21)15-24/h4-7,18,24H,3,8-16H2,1-2H3. The molecule has 27 heavy (non-hydrogen) atoms. The highest BCUT2D eigenvalue weighted by Crippen LogP contribution is 2.44. The van der Waals surface area contributed by atoms with Crippen molar-refractivity contribution in [2.45, 2.75) is 19.8 Å². The summed E-state index contributed by atoms with van der Waals surface area (Å²) in [5.74, 6) is 1.17. The summed E-state index contributed by atoms with van der Waals surface area (Å²) < 4.78 is 10.7. The molecule has 0 radical (unpaired) electrons. The Hall–Kier alpha value is -1.63. The predicted octanol–water partition coefficient (Wildman–Crippen LogP) is 1.88. The lowest BCUT2D eigenvalue weighted by molar-refractivity contribution is 0.0399. The summed E-state index contributed by atoms with van der Waals surface area (Å²) in [6.07, 6.45) is 1.90. The van der Waals surface area contributed by atoms with Crippen LogP contribution in [0.3, 0.4) is 0 Å². The van der Waals surface area contributed by atoms with Crippen LogP contribution in [0.2, 0.25) is 0 Å². The number of hydrogen-bond donors (Lipinski definition) is 1. The van der Waals surface area contributed by atoms with Crippen molar-refractivity contribution in [1.82, 2.24) is 9.80 Å². The molecule has 0 saturated carbocycles. The van der Waals surface area contributed by atoms with Gasteiger partial charge in [-0.2, -0.15) is 0 Å². The van der Waals surface area contributed by atoms with Crippen molar-refractivity contribution in [2.24, 2.45) is 11.3 Å². The third-order valence-corrected chi connectivity index (χ3v) is 6.17. The van der Waals surface area contributed by atoms with E-state index in [0.29, 0.717) is 12.2 Å². The Morgan fingerprint density at radius 2 is 1.96 bits per heavy atom. The van der Waals surface area contributed by atoms with E-state index in [0.717, 1.165) is 57.9 Å². The number of aliphatic hydroxyl groups is 1. The molecular weight excluding hydrogens is 344 g/mol. The number of nitrogens with zero attached hydrogens (tertiary/aromatic N) is 2. The molecule has 150 valence electrons. The zero-order chi connectivity index (χ0) is 19.3. The number of benzene rings is 1. The minimum absolute atomic E-state index is 0.0858. The quantitative estimate of drug-likeness (QED) is 0.787. The summed E-state index contributed by atoms with van der Waals surface area (Å²) in [5.41, 5.74) is 0.833. The van der Waals surface area contributed by atoms with Crippen LogP contribution in [0.4, 0.5) is 0 Å². The number of methoxy groups -OCH3 is 1. The zero-order valence-corrected chi connectivity index (χ0v) is 16.5. The van der Waals surface area contributed by atoms with Gasteiger partial charge in [-0.15, -0.1) is 0 Å². The van der Waals surface area contributed by atoms with E-state index >= 15 is 0 Å². The van der Waals surface area contributed by atoms with Gasteiger partial charge >= 0.3 is 0 Å². The average molecular weight is 376 g/mol. The van der Waals surface area contributed by atoms with Gasteiger partial charge < -0.3 is 24.4 Å². The molecule has 1 N–H and O–H groups in total. The highest BCUT2D eigenvalue weighted by molar-refractivity contribution is 5.94. The lowest BCUT2D eigenvalue weighted by Gasteiger charge is -2.42. The van der Waals surface area contributed by atoms with Crippen LogP contribution in [0, 0.1) is 11.3 Å². The van der Waals surface area contributed by atoms with Crippen LogP contribution in [-0.2, 0) is 4.74 Å². The molecule has 2 saturated heterocycles. The number of carbonyl (C=O) groups excluding carboxylic acids is 1. The molecule has 1 aromatic rings. The largest absolute Gasteiger partial charge is 0.494 e. The van der Waals surface area contributed by atoms with Gasteiger partial charge in [0.25, 0.3) is 5.91 Å². The van der Waals surface area contributed by atoms with Gasteiger partial charge in [-0.3, -0.25) is 4.79 Å². The molecule has 6 heteroatoms. The Bertz CT molecular complexity index is 611. The number of carbonyl (C=O) groups is 1. The van der Waals surface area contributed by atoms with E-state index in [2.05, 4.69) is 4.90 Å². The summed E-state index contributed by atoms with van der Waals surface area (Å²) in [6, 6.07) is 7.40. The van der Waals surface area contributed by atoms with Crippen molar-refractivity contribution in [1.29, 1.82) is 0 Å². The summed E-state index contributed by atoms with van der Waals surface area (Å²) in [5, 5.41) is 9.90. The smallest absolute Gasteiger partial charge is 0.253 e. The van der Waals surface area contributed by atoms with Gasteiger partial charge in [0.1, 0.15) is 5.75 Å². The number of ether oxygens (including phenoxy) is 2. The normalized spacial score (nSPS) is 22.3. The van der Waals surface area contributed by atoms with Crippen LogP contribution in [0.25, 0.3) is 0 Å². The second-order valence-corrected chi connectivity index (χ2v) is 7.72. The van der Waals surface area contributed by atoms with Crippen LogP contribution in [0.15, 0.2) is 24.3 Å². The fourth-order valence-corrected chi connectivity index (χ4v) is 4.55. The van der Waals surface area contributed by atoms with Gasteiger partial charge in [-0.05, 0) is 49.4 Å². The molecule has 2 aliphatic rings. The summed E-state index contributed by atoms with van der Waals surface area (Å²) in [7, 11) is 1.72. The van der Waals surface area contributed by atoms with Gasteiger partial charge in [0.05, 0.1) is 13.2 Å². The van der Waals surface area contributed by atoms with Crippen molar-refractivity contribution in [2.75, 3.05) is 59.7 Å². The Balaban J connectivity index is 1.59. The maximum Gasteiger partial charge on any atom is 0.253 e. The fraction of sp³-hybridized carbons (Fsp3) is 0.667. The van der Waals surface area contributed by atoms with Crippen LogP contribution >= 0.6 is 0 Å². The molecule has 2 heterocycles. The Morgan fingerprint density at radius 3 is 2.56 bits per heavy atom. The zero-order valence-electron chi connectivity index (χ0n) is 16.5. The molecule has 0 bridgehead atoms. The molecule has 1 atom stereocenters. The van der Waals surface area contributed by atoms with Gasteiger partial charge in [-0.1, -0.05) is 0 Å². The maximum absolute atomic E-state index is 12.8. The SMILES string of the molecule is CCOc1ccc(C(=O)N2CCC3(CC2)CN(CCOC)CC3CO)cc1. The molecule has 6 nitrogen and oxygen atoms in total. The number of likely N-dealkylation sites (tertiary alicyclic amines) is 2. The maximum atomic E-state index is 12.8. The highest BCUT2D eigenvalue weighted by Gasteiger charge is 2.47. The third kappa shape index (κ3) is 4.45. The summed E-state index contributed by atoms with van der Waals surface area (Å²) >= 11 is 0. The number of aliphatic hydroxyl groups excluding tert-OH is 1. The monoisotopic (exact) mass is 376 g/mol. The second kappa shape index (κ2) is 9.04. The van der Waals surface area contributed by atoms with Gasteiger partial charge in [-0.25, -0.2) is 0 Å². The number of rotatable bonds is 7. The molecule has 0 aromatic heterocycles. The molecule has 2 aliphatic heterocycles. The van der Waals surface area contributed by atoms with Crippen molar-refractivity contribution in [3.05, 3.63) is 29.8 Å². The Kier molecular flexibility index (Phi) is 6.73. The molecule has 3 rings (SSSR count). The van der Waals surface area contributed by atoms with Crippen molar-refractivity contribution >= 4 is 5.91 Å². The van der Waals surface area contributed by atoms with E-state index in [1.54, 1.807) is 7.11 Å². The molecule has 0 aliphatic carbocycles. The molecule has 1 spiro atoms. The first-order valence-electron chi connectivity index (χ1n) is 9.96. The topological polar surface area (TPSA) is 62.2 Å². The third-order valence-electron chi connectivity index (χ3n) is 6.17. The van der Waals surface area contributed by atoms with Crippen molar-refractivity contribution in [3.63, 3.8) is 0 Å². The van der Waals surface area contributed by atoms with E-state index in [1.807, 2.05) is 36.1 Å². The Morgan fingerprint density at radius 1 is 1.26 bits per heavy atom. The summed E-state index contributed by atoms with van der Waals surface area (Å²) in [6.45, 7) is 7.83. The average Bonchev–Trinajstić information content (AvgIpc) is 3.04. The van der Waals surface area contributed by atoms with Crippen molar-refractivity contribution < 1.29 is 19.4 Å². The first kappa shape index (κ1) is 20.1. The lowest BCUT2D eigenvalue weighted by atomic mass is 9.71.